The Morgan fingerprint density at radius 1 is 1.56 bits per heavy atom. The lowest BCUT2D eigenvalue weighted by atomic mass is 10.2. The van der Waals surface area contributed by atoms with Crippen LogP contribution in [0.5, 0.6) is 0 Å². The lowest BCUT2D eigenvalue weighted by molar-refractivity contribution is 0.0690. The van der Waals surface area contributed by atoms with Crippen LogP contribution in [0.1, 0.15) is 30.3 Å². The first-order chi connectivity index (χ1) is 8.70. The van der Waals surface area contributed by atoms with Gasteiger partial charge in [0.15, 0.2) is 5.69 Å². The van der Waals surface area contributed by atoms with E-state index in [2.05, 4.69) is 14.9 Å². The third kappa shape index (κ3) is 2.95. The molecule has 0 saturated carbocycles. The molecule has 0 amide bonds. The highest BCUT2D eigenvalue weighted by molar-refractivity contribution is 5.84. The Morgan fingerprint density at radius 2 is 2.39 bits per heavy atom. The van der Waals surface area contributed by atoms with Gasteiger partial charge in [0.2, 0.25) is 0 Å². The second-order valence-electron chi connectivity index (χ2n) is 4.24. The average Bonchev–Trinajstić information content (AvgIpc) is 2.89. The van der Waals surface area contributed by atoms with Gasteiger partial charge in [-0.05, 0) is 19.8 Å². The molecule has 1 aromatic heterocycles. The third-order valence-electron chi connectivity index (χ3n) is 3.01. The molecule has 1 fully saturated rings. The van der Waals surface area contributed by atoms with Gasteiger partial charge in [-0.1, -0.05) is 0 Å². The van der Waals surface area contributed by atoms with Crippen LogP contribution in [-0.4, -0.2) is 46.8 Å². The number of nitrogens with zero attached hydrogens (tertiary/aromatic N) is 3. The Labute approximate surface area is 106 Å². The Balaban J connectivity index is 2.04. The lowest BCUT2D eigenvalue weighted by Gasteiger charge is -2.24. The van der Waals surface area contributed by atoms with E-state index < -0.39 is 5.97 Å². The Hall–Kier alpha value is -1.69. The van der Waals surface area contributed by atoms with E-state index in [9.17, 15) is 4.79 Å². The molecule has 1 unspecified atom stereocenters. The summed E-state index contributed by atoms with van der Waals surface area (Å²) in [5.41, 5.74) is -0.0353. The van der Waals surface area contributed by atoms with Crippen molar-refractivity contribution in [1.82, 2.24) is 9.97 Å². The summed E-state index contributed by atoms with van der Waals surface area (Å²) in [5.74, 6) is -0.366. The predicted molar refractivity (Wildman–Crippen MR) is 65.9 cm³/mol. The van der Waals surface area contributed by atoms with E-state index in [-0.39, 0.29) is 11.8 Å². The zero-order valence-corrected chi connectivity index (χ0v) is 10.4. The van der Waals surface area contributed by atoms with E-state index in [0.717, 1.165) is 32.5 Å². The molecule has 0 bridgehead atoms. The highest BCUT2D eigenvalue weighted by atomic mass is 16.5. The second-order valence-corrected chi connectivity index (χ2v) is 4.24. The van der Waals surface area contributed by atoms with Gasteiger partial charge in [-0.15, -0.1) is 0 Å². The third-order valence-corrected chi connectivity index (χ3v) is 3.01. The first-order valence-electron chi connectivity index (χ1n) is 6.12. The van der Waals surface area contributed by atoms with E-state index >= 15 is 0 Å². The fourth-order valence-electron chi connectivity index (χ4n) is 2.01. The fraction of sp³-hybridized carbons (Fsp3) is 0.583. The molecule has 0 spiro atoms. The second kappa shape index (κ2) is 5.77. The Bertz CT molecular complexity index is 402. The van der Waals surface area contributed by atoms with E-state index in [4.69, 9.17) is 9.84 Å². The smallest absolute Gasteiger partial charge is 0.356 e. The highest BCUT2D eigenvalue weighted by Gasteiger charge is 2.19. The Morgan fingerprint density at radius 3 is 2.89 bits per heavy atom. The quantitative estimate of drug-likeness (QED) is 0.847. The van der Waals surface area contributed by atoms with E-state index in [1.807, 2.05) is 6.92 Å². The van der Waals surface area contributed by atoms with Crippen LogP contribution in [0, 0.1) is 0 Å². The number of aromatic carboxylic acids is 1. The van der Waals surface area contributed by atoms with Crippen molar-refractivity contribution < 1.29 is 14.6 Å². The molecule has 0 radical (unpaired) electrons. The molecule has 1 aliphatic rings. The maximum atomic E-state index is 10.7. The van der Waals surface area contributed by atoms with Gasteiger partial charge in [-0.2, -0.15) is 0 Å². The number of aromatic nitrogens is 2. The molecular formula is C12H17N3O3. The predicted octanol–water partition coefficient (Wildman–Crippen LogP) is 1.18. The molecule has 6 nitrogen and oxygen atoms in total. The summed E-state index contributed by atoms with van der Waals surface area (Å²) in [6.07, 6.45) is 5.20. The summed E-state index contributed by atoms with van der Waals surface area (Å²) < 4.78 is 5.58. The molecule has 18 heavy (non-hydrogen) atoms. The van der Waals surface area contributed by atoms with Gasteiger partial charge in [0.25, 0.3) is 0 Å². The minimum Gasteiger partial charge on any atom is -0.476 e. The number of hydrogen-bond acceptors (Lipinski definition) is 5. The molecule has 0 aromatic carbocycles. The van der Waals surface area contributed by atoms with Gasteiger partial charge in [-0.25, -0.2) is 14.8 Å². The van der Waals surface area contributed by atoms with Crippen molar-refractivity contribution in [2.45, 2.75) is 25.9 Å². The number of rotatable bonds is 5. The van der Waals surface area contributed by atoms with Gasteiger partial charge < -0.3 is 14.7 Å². The van der Waals surface area contributed by atoms with E-state index in [1.165, 1.54) is 12.4 Å². The van der Waals surface area contributed by atoms with Crippen LogP contribution in [0.3, 0.4) is 0 Å². The maximum absolute atomic E-state index is 10.7. The standard InChI is InChI=1S/C12H17N3O3/c1-2-15(8-9-4-3-5-18-9)11-7-13-10(6-14-11)12(16)17/h6-7,9H,2-5,8H2,1H3,(H,16,17). The summed E-state index contributed by atoms with van der Waals surface area (Å²) in [6, 6.07) is 0. The van der Waals surface area contributed by atoms with Crippen LogP contribution in [0.25, 0.3) is 0 Å². The van der Waals surface area contributed by atoms with Crippen molar-refractivity contribution in [3.8, 4) is 0 Å². The number of hydrogen-bond donors (Lipinski definition) is 1. The minimum atomic E-state index is -1.06. The molecule has 1 saturated heterocycles. The summed E-state index contributed by atoms with van der Waals surface area (Å²) in [7, 11) is 0. The summed E-state index contributed by atoms with van der Waals surface area (Å²) in [4.78, 5) is 20.8. The number of carboxylic acid groups (broad SMARTS) is 1. The normalized spacial score (nSPS) is 18.8. The molecule has 1 atom stereocenters. The van der Waals surface area contributed by atoms with Gasteiger partial charge in [0.1, 0.15) is 5.82 Å². The topological polar surface area (TPSA) is 75.5 Å². The van der Waals surface area contributed by atoms with Crippen LogP contribution in [-0.2, 0) is 4.74 Å². The average molecular weight is 251 g/mol. The number of carboxylic acids is 1. The van der Waals surface area contributed by atoms with E-state index in [1.54, 1.807) is 0 Å². The molecular weight excluding hydrogens is 234 g/mol. The molecule has 1 aromatic rings. The molecule has 6 heteroatoms. The minimum absolute atomic E-state index is 0.0353. The van der Waals surface area contributed by atoms with Gasteiger partial charge in [0, 0.05) is 19.7 Å². The van der Waals surface area contributed by atoms with Crippen molar-refractivity contribution in [3.05, 3.63) is 18.1 Å². The SMILES string of the molecule is CCN(CC1CCCO1)c1cnc(C(=O)O)cn1. The fourth-order valence-corrected chi connectivity index (χ4v) is 2.01. The number of anilines is 1. The number of carbonyl (C=O) groups is 1. The first kappa shape index (κ1) is 12.8. The lowest BCUT2D eigenvalue weighted by Crippen LogP contribution is -2.32. The van der Waals surface area contributed by atoms with Crippen molar-refractivity contribution in [1.29, 1.82) is 0 Å². The zero-order valence-electron chi connectivity index (χ0n) is 10.4. The molecule has 1 aliphatic heterocycles. The number of likely N-dealkylation sites (N-methyl/N-ethyl adjacent to an activating group) is 1. The molecule has 1 N–H and O–H groups in total. The largest absolute Gasteiger partial charge is 0.476 e. The molecule has 98 valence electrons. The van der Waals surface area contributed by atoms with Gasteiger partial charge in [0.05, 0.1) is 18.5 Å². The van der Waals surface area contributed by atoms with Crippen LogP contribution in [0.4, 0.5) is 5.82 Å². The van der Waals surface area contributed by atoms with Gasteiger partial charge in [-0.3, -0.25) is 0 Å². The summed E-state index contributed by atoms with van der Waals surface area (Å²) >= 11 is 0. The Kier molecular flexibility index (Phi) is 4.09. The van der Waals surface area contributed by atoms with Crippen LogP contribution < -0.4 is 4.90 Å². The van der Waals surface area contributed by atoms with Crippen molar-refractivity contribution in [2.75, 3.05) is 24.6 Å². The maximum Gasteiger partial charge on any atom is 0.356 e. The van der Waals surface area contributed by atoms with Crippen LogP contribution in [0.2, 0.25) is 0 Å². The molecule has 2 rings (SSSR count). The first-order valence-corrected chi connectivity index (χ1v) is 6.12. The van der Waals surface area contributed by atoms with E-state index in [0.29, 0.717) is 5.82 Å². The summed E-state index contributed by atoms with van der Waals surface area (Å²) in [5, 5.41) is 8.77. The monoisotopic (exact) mass is 251 g/mol. The van der Waals surface area contributed by atoms with Gasteiger partial charge >= 0.3 is 5.97 Å². The van der Waals surface area contributed by atoms with Crippen molar-refractivity contribution in [3.63, 3.8) is 0 Å². The van der Waals surface area contributed by atoms with Crippen molar-refractivity contribution >= 4 is 11.8 Å². The number of ether oxygens (including phenoxy) is 1. The zero-order chi connectivity index (χ0) is 13.0. The molecule has 0 aliphatic carbocycles. The van der Waals surface area contributed by atoms with Crippen LogP contribution in [0.15, 0.2) is 12.4 Å². The summed E-state index contributed by atoms with van der Waals surface area (Å²) in [6.45, 7) is 4.42. The highest BCUT2D eigenvalue weighted by Crippen LogP contribution is 2.16. The van der Waals surface area contributed by atoms with Crippen molar-refractivity contribution in [2.24, 2.45) is 0 Å². The van der Waals surface area contributed by atoms with Crippen LogP contribution >= 0.6 is 0 Å². The molecule has 2 heterocycles.